The number of hydrogen-bond acceptors (Lipinski definition) is 4. The normalized spacial score (nSPS) is 15.4. The second-order valence-corrected chi connectivity index (χ2v) is 8.89. The largest absolute Gasteiger partial charge is 0.497 e. The Balaban J connectivity index is 1.25. The lowest BCUT2D eigenvalue weighted by molar-refractivity contribution is 0.122. The minimum absolute atomic E-state index is 0.850. The number of fused-ring (bicyclic) bond motifs is 3. The Kier molecular flexibility index (Phi) is 6.25. The minimum atomic E-state index is 0.850. The number of aromatic nitrogens is 1. The molecule has 0 saturated carbocycles. The summed E-state index contributed by atoms with van der Waals surface area (Å²) in [6, 6.07) is 21.9. The predicted molar refractivity (Wildman–Crippen MR) is 135 cm³/mol. The summed E-state index contributed by atoms with van der Waals surface area (Å²) in [5.41, 5.74) is 5.29. The van der Waals surface area contributed by atoms with E-state index >= 15 is 0 Å². The van der Waals surface area contributed by atoms with Gasteiger partial charge in [-0.25, -0.2) is 0 Å². The van der Waals surface area contributed by atoms with Gasteiger partial charge in [0.15, 0.2) is 0 Å². The second kappa shape index (κ2) is 9.46. The van der Waals surface area contributed by atoms with E-state index in [4.69, 9.17) is 9.47 Å². The molecule has 0 amide bonds. The second-order valence-electron chi connectivity index (χ2n) is 8.89. The molecule has 0 unspecified atom stereocenters. The third kappa shape index (κ3) is 4.43. The summed E-state index contributed by atoms with van der Waals surface area (Å²) in [6.45, 7) is 9.43. The highest BCUT2D eigenvalue weighted by Gasteiger charge is 2.18. The van der Waals surface area contributed by atoms with Crippen LogP contribution in [0.15, 0.2) is 60.7 Å². The average Bonchev–Trinajstić information content (AvgIpc) is 3.18. The van der Waals surface area contributed by atoms with Gasteiger partial charge in [-0.05, 0) is 48.4 Å². The first-order valence-corrected chi connectivity index (χ1v) is 11.8. The van der Waals surface area contributed by atoms with Crippen LogP contribution >= 0.6 is 0 Å². The fraction of sp³-hybridized carbons (Fsp3) is 0.357. The predicted octanol–water partition coefficient (Wildman–Crippen LogP) is 5.15. The lowest BCUT2D eigenvalue weighted by Crippen LogP contribution is -2.45. The summed E-state index contributed by atoms with van der Waals surface area (Å²) in [5, 5.41) is 2.73. The zero-order valence-corrected chi connectivity index (χ0v) is 19.9. The quantitative estimate of drug-likeness (QED) is 0.395. The molecule has 0 spiro atoms. The van der Waals surface area contributed by atoms with Crippen molar-refractivity contribution in [1.82, 2.24) is 14.4 Å². The van der Waals surface area contributed by atoms with Crippen molar-refractivity contribution in [2.45, 2.75) is 26.6 Å². The van der Waals surface area contributed by atoms with Crippen LogP contribution in [-0.2, 0) is 19.6 Å². The van der Waals surface area contributed by atoms with E-state index in [1.165, 1.54) is 32.9 Å². The van der Waals surface area contributed by atoms with Crippen LogP contribution in [0.4, 0.5) is 0 Å². The molecule has 1 aliphatic heterocycles. The van der Waals surface area contributed by atoms with E-state index in [2.05, 4.69) is 75.9 Å². The molecular weight excluding hydrogens is 410 g/mol. The zero-order valence-electron chi connectivity index (χ0n) is 19.9. The standard InChI is InChI=1S/C28H33N3O2/c1-4-31-27-8-6-5-7-25(27)26-17-21(9-10-28(26)31)19-29-11-13-30(14-12-29)20-22-15-23(32-2)18-24(16-22)33-3/h5-10,15-18H,4,11-14,19-20H2,1-3H3. The van der Waals surface area contributed by atoms with Crippen molar-refractivity contribution in [3.05, 3.63) is 71.8 Å². The summed E-state index contributed by atoms with van der Waals surface area (Å²) in [4.78, 5) is 5.09. The molecule has 172 valence electrons. The molecule has 4 aromatic rings. The van der Waals surface area contributed by atoms with Crippen molar-refractivity contribution in [3.8, 4) is 11.5 Å². The monoisotopic (exact) mass is 443 g/mol. The van der Waals surface area contributed by atoms with Gasteiger partial charge >= 0.3 is 0 Å². The highest BCUT2D eigenvalue weighted by molar-refractivity contribution is 6.08. The van der Waals surface area contributed by atoms with Gasteiger partial charge in [0.1, 0.15) is 11.5 Å². The minimum Gasteiger partial charge on any atom is -0.497 e. The van der Waals surface area contributed by atoms with Gasteiger partial charge in [-0.15, -0.1) is 0 Å². The molecule has 3 aromatic carbocycles. The average molecular weight is 444 g/mol. The maximum atomic E-state index is 5.43. The van der Waals surface area contributed by atoms with Crippen molar-refractivity contribution in [2.24, 2.45) is 0 Å². The van der Waals surface area contributed by atoms with Gasteiger partial charge in [0.25, 0.3) is 0 Å². The van der Waals surface area contributed by atoms with Gasteiger partial charge in [0.2, 0.25) is 0 Å². The van der Waals surface area contributed by atoms with Gasteiger partial charge in [-0.2, -0.15) is 0 Å². The third-order valence-electron chi connectivity index (χ3n) is 6.84. The number of rotatable bonds is 7. The maximum absolute atomic E-state index is 5.43. The lowest BCUT2D eigenvalue weighted by atomic mass is 10.1. The fourth-order valence-corrected chi connectivity index (χ4v) is 5.12. The van der Waals surface area contributed by atoms with Crippen molar-refractivity contribution >= 4 is 21.8 Å². The van der Waals surface area contributed by atoms with E-state index in [9.17, 15) is 0 Å². The number of hydrogen-bond donors (Lipinski definition) is 0. The molecule has 0 bridgehead atoms. The molecule has 0 atom stereocenters. The third-order valence-corrected chi connectivity index (χ3v) is 6.84. The van der Waals surface area contributed by atoms with Crippen molar-refractivity contribution in [2.75, 3.05) is 40.4 Å². The Bertz CT molecular complexity index is 1230. The van der Waals surface area contributed by atoms with Gasteiger partial charge in [0, 0.05) is 73.7 Å². The Hall–Kier alpha value is -3.02. The molecule has 1 aromatic heterocycles. The van der Waals surface area contributed by atoms with E-state index in [-0.39, 0.29) is 0 Å². The summed E-state index contributed by atoms with van der Waals surface area (Å²) in [6.07, 6.45) is 0. The van der Waals surface area contributed by atoms with Gasteiger partial charge in [-0.3, -0.25) is 9.80 Å². The Labute approximate surface area is 196 Å². The van der Waals surface area contributed by atoms with Gasteiger partial charge in [-0.1, -0.05) is 24.3 Å². The molecule has 5 rings (SSSR count). The summed E-state index contributed by atoms with van der Waals surface area (Å²) < 4.78 is 13.3. The molecule has 0 N–H and O–H groups in total. The fourth-order valence-electron chi connectivity index (χ4n) is 5.12. The Morgan fingerprint density at radius 1 is 0.667 bits per heavy atom. The molecule has 33 heavy (non-hydrogen) atoms. The van der Waals surface area contributed by atoms with E-state index in [1.54, 1.807) is 14.2 Å². The molecule has 5 heteroatoms. The lowest BCUT2D eigenvalue weighted by Gasteiger charge is -2.34. The molecule has 0 aliphatic carbocycles. The van der Waals surface area contributed by atoms with Crippen LogP contribution < -0.4 is 9.47 Å². The van der Waals surface area contributed by atoms with E-state index < -0.39 is 0 Å². The molecule has 0 radical (unpaired) electrons. The van der Waals surface area contributed by atoms with E-state index in [1.807, 2.05) is 6.07 Å². The summed E-state index contributed by atoms with van der Waals surface area (Å²) in [7, 11) is 3.41. The number of piperazine rings is 1. The van der Waals surface area contributed by atoms with Crippen LogP contribution in [0.25, 0.3) is 21.8 Å². The number of methoxy groups -OCH3 is 2. The van der Waals surface area contributed by atoms with Crippen LogP contribution in [0.3, 0.4) is 0 Å². The van der Waals surface area contributed by atoms with E-state index in [0.29, 0.717) is 0 Å². The van der Waals surface area contributed by atoms with Crippen LogP contribution in [0, 0.1) is 0 Å². The first-order valence-electron chi connectivity index (χ1n) is 11.8. The maximum Gasteiger partial charge on any atom is 0.122 e. The summed E-state index contributed by atoms with van der Waals surface area (Å²) in [5.74, 6) is 1.70. The molecule has 5 nitrogen and oxygen atoms in total. The molecule has 1 saturated heterocycles. The van der Waals surface area contributed by atoms with Gasteiger partial charge in [0.05, 0.1) is 14.2 Å². The molecular formula is C28H33N3O2. The van der Waals surface area contributed by atoms with Crippen LogP contribution in [0.1, 0.15) is 18.1 Å². The van der Waals surface area contributed by atoms with E-state index in [0.717, 1.165) is 57.3 Å². The summed E-state index contributed by atoms with van der Waals surface area (Å²) >= 11 is 0. The Morgan fingerprint density at radius 2 is 1.27 bits per heavy atom. The number of aryl methyl sites for hydroxylation is 1. The smallest absolute Gasteiger partial charge is 0.122 e. The number of para-hydroxylation sites is 1. The molecule has 1 fully saturated rings. The first-order chi connectivity index (χ1) is 16.2. The van der Waals surface area contributed by atoms with Gasteiger partial charge < -0.3 is 14.0 Å². The van der Waals surface area contributed by atoms with Crippen molar-refractivity contribution < 1.29 is 9.47 Å². The van der Waals surface area contributed by atoms with Crippen molar-refractivity contribution in [3.63, 3.8) is 0 Å². The Morgan fingerprint density at radius 3 is 1.91 bits per heavy atom. The highest BCUT2D eigenvalue weighted by Crippen LogP contribution is 2.30. The van der Waals surface area contributed by atoms with Crippen LogP contribution in [-0.4, -0.2) is 54.8 Å². The SMILES string of the molecule is CCn1c2ccccc2c2cc(CN3CCN(Cc4cc(OC)cc(OC)c4)CC3)ccc21. The van der Waals surface area contributed by atoms with Crippen LogP contribution in [0.5, 0.6) is 11.5 Å². The number of ether oxygens (including phenoxy) is 2. The van der Waals surface area contributed by atoms with Crippen molar-refractivity contribution in [1.29, 1.82) is 0 Å². The number of benzene rings is 3. The first kappa shape index (κ1) is 21.8. The number of nitrogens with zero attached hydrogens (tertiary/aromatic N) is 3. The topological polar surface area (TPSA) is 29.9 Å². The van der Waals surface area contributed by atoms with Crippen LogP contribution in [0.2, 0.25) is 0 Å². The zero-order chi connectivity index (χ0) is 22.8. The molecule has 2 heterocycles. The molecule has 1 aliphatic rings. The highest BCUT2D eigenvalue weighted by atomic mass is 16.5.